The molecule has 1 saturated heterocycles. The number of nitrogens with zero attached hydrogens (tertiary/aromatic N) is 5. The van der Waals surface area contributed by atoms with Crippen LogP contribution in [0.25, 0.3) is 5.69 Å². The standard InChI is InChI=1S/C23H37N7.HI/c1-6-24-23(25-16-20(4)29-13-11-28(5)12-14-29)26-17-21-9-7-8-10-22(21)30-19(3)15-18(2)27-30;/h7-10,15,20H,6,11-14,16-17H2,1-5H3,(H2,24,25,26);1H. The molecule has 0 amide bonds. The molecule has 172 valence electrons. The van der Waals surface area contributed by atoms with Crippen LogP contribution in [0.3, 0.4) is 0 Å². The highest BCUT2D eigenvalue weighted by Crippen LogP contribution is 2.17. The van der Waals surface area contributed by atoms with Gasteiger partial charge in [-0.2, -0.15) is 5.10 Å². The molecule has 0 aliphatic carbocycles. The highest BCUT2D eigenvalue weighted by Gasteiger charge is 2.19. The van der Waals surface area contributed by atoms with E-state index in [0.717, 1.165) is 67.9 Å². The van der Waals surface area contributed by atoms with Crippen molar-refractivity contribution >= 4 is 29.9 Å². The average molecular weight is 540 g/mol. The number of aliphatic imine (C=N–C) groups is 1. The number of guanidine groups is 1. The second-order valence-corrected chi connectivity index (χ2v) is 8.23. The van der Waals surface area contributed by atoms with Gasteiger partial charge < -0.3 is 15.5 Å². The highest BCUT2D eigenvalue weighted by molar-refractivity contribution is 14.0. The smallest absolute Gasteiger partial charge is 0.191 e. The fourth-order valence-electron chi connectivity index (χ4n) is 3.87. The zero-order valence-electron chi connectivity index (χ0n) is 19.6. The summed E-state index contributed by atoms with van der Waals surface area (Å²) >= 11 is 0. The molecule has 0 radical (unpaired) electrons. The van der Waals surface area contributed by atoms with Gasteiger partial charge >= 0.3 is 0 Å². The third kappa shape index (κ3) is 7.18. The Morgan fingerprint density at radius 3 is 2.48 bits per heavy atom. The van der Waals surface area contributed by atoms with Crippen molar-refractivity contribution in [3.05, 3.63) is 47.3 Å². The Balaban J connectivity index is 0.00000341. The maximum absolute atomic E-state index is 4.86. The highest BCUT2D eigenvalue weighted by atomic mass is 127. The van der Waals surface area contributed by atoms with E-state index < -0.39 is 0 Å². The maximum Gasteiger partial charge on any atom is 0.191 e. The summed E-state index contributed by atoms with van der Waals surface area (Å²) in [6.07, 6.45) is 0. The molecule has 0 bridgehead atoms. The number of nitrogens with one attached hydrogen (secondary N) is 2. The zero-order chi connectivity index (χ0) is 21.5. The van der Waals surface area contributed by atoms with Gasteiger partial charge in [-0.3, -0.25) is 4.90 Å². The van der Waals surface area contributed by atoms with Gasteiger partial charge in [0.2, 0.25) is 0 Å². The van der Waals surface area contributed by atoms with Gasteiger partial charge in [0.25, 0.3) is 0 Å². The zero-order valence-corrected chi connectivity index (χ0v) is 21.9. The predicted molar refractivity (Wildman–Crippen MR) is 140 cm³/mol. The topological polar surface area (TPSA) is 60.7 Å². The normalized spacial score (nSPS) is 16.6. The second-order valence-electron chi connectivity index (χ2n) is 8.23. The Labute approximate surface area is 204 Å². The molecule has 2 aromatic rings. The Morgan fingerprint density at radius 1 is 1.13 bits per heavy atom. The van der Waals surface area contributed by atoms with Crippen LogP contribution >= 0.6 is 24.0 Å². The van der Waals surface area contributed by atoms with Gasteiger partial charge in [0.1, 0.15) is 0 Å². The Hall–Kier alpha value is -1.65. The van der Waals surface area contributed by atoms with Crippen molar-refractivity contribution < 1.29 is 0 Å². The van der Waals surface area contributed by atoms with Gasteiger partial charge in [0.15, 0.2) is 5.96 Å². The lowest BCUT2D eigenvalue weighted by Crippen LogP contribution is -2.52. The van der Waals surface area contributed by atoms with E-state index in [9.17, 15) is 0 Å². The van der Waals surface area contributed by atoms with E-state index in [1.807, 2.05) is 11.6 Å². The summed E-state index contributed by atoms with van der Waals surface area (Å²) in [5.41, 5.74) is 4.41. The van der Waals surface area contributed by atoms with Crippen molar-refractivity contribution in [1.82, 2.24) is 30.2 Å². The molecule has 2 heterocycles. The van der Waals surface area contributed by atoms with E-state index in [1.54, 1.807) is 0 Å². The van der Waals surface area contributed by atoms with Crippen LogP contribution in [0.4, 0.5) is 0 Å². The summed E-state index contributed by atoms with van der Waals surface area (Å²) in [7, 11) is 2.19. The number of likely N-dealkylation sites (N-methyl/N-ethyl adjacent to an activating group) is 1. The number of para-hydroxylation sites is 1. The summed E-state index contributed by atoms with van der Waals surface area (Å²) in [4.78, 5) is 9.80. The first-order chi connectivity index (χ1) is 14.5. The van der Waals surface area contributed by atoms with Gasteiger partial charge in [0, 0.05) is 51.0 Å². The number of aromatic nitrogens is 2. The number of hydrogen-bond acceptors (Lipinski definition) is 4. The molecule has 1 atom stereocenters. The van der Waals surface area contributed by atoms with Crippen molar-refractivity contribution in [2.45, 2.75) is 40.3 Å². The molecule has 1 aliphatic heterocycles. The fraction of sp³-hybridized carbons (Fsp3) is 0.565. The molecule has 0 saturated carbocycles. The van der Waals surface area contributed by atoms with E-state index in [4.69, 9.17) is 4.99 Å². The Bertz CT molecular complexity index is 840. The molecule has 1 aliphatic rings. The number of piperazine rings is 1. The first-order valence-electron chi connectivity index (χ1n) is 11.0. The lowest BCUT2D eigenvalue weighted by atomic mass is 10.2. The minimum Gasteiger partial charge on any atom is -0.357 e. The minimum atomic E-state index is 0. The van der Waals surface area contributed by atoms with Crippen molar-refractivity contribution in [3.63, 3.8) is 0 Å². The monoisotopic (exact) mass is 539 g/mol. The molecule has 1 unspecified atom stereocenters. The summed E-state index contributed by atoms with van der Waals surface area (Å²) in [5, 5.41) is 11.6. The number of halogens is 1. The van der Waals surface area contributed by atoms with Gasteiger partial charge in [-0.15, -0.1) is 24.0 Å². The molecule has 1 fully saturated rings. The average Bonchev–Trinajstić information content (AvgIpc) is 3.08. The van der Waals surface area contributed by atoms with Crippen LogP contribution < -0.4 is 10.6 Å². The number of hydrogen-bond donors (Lipinski definition) is 2. The molecule has 3 rings (SSSR count). The quantitative estimate of drug-likeness (QED) is 0.322. The van der Waals surface area contributed by atoms with Gasteiger partial charge in [0.05, 0.1) is 17.9 Å². The molecule has 7 nitrogen and oxygen atoms in total. The van der Waals surface area contributed by atoms with E-state index in [-0.39, 0.29) is 24.0 Å². The van der Waals surface area contributed by atoms with Gasteiger partial charge in [-0.1, -0.05) is 18.2 Å². The van der Waals surface area contributed by atoms with Crippen LogP contribution in [-0.2, 0) is 6.54 Å². The van der Waals surface area contributed by atoms with Crippen LogP contribution in [0.2, 0.25) is 0 Å². The fourth-order valence-corrected chi connectivity index (χ4v) is 3.87. The van der Waals surface area contributed by atoms with Crippen LogP contribution in [0, 0.1) is 13.8 Å². The number of aryl methyl sites for hydroxylation is 2. The summed E-state index contributed by atoms with van der Waals surface area (Å²) in [6.45, 7) is 15.4. The van der Waals surface area contributed by atoms with Crippen LogP contribution in [0.5, 0.6) is 0 Å². The van der Waals surface area contributed by atoms with Crippen LogP contribution in [-0.4, -0.2) is 77.9 Å². The molecule has 0 spiro atoms. The summed E-state index contributed by atoms with van der Waals surface area (Å²) in [5.74, 6) is 0.863. The van der Waals surface area contributed by atoms with Gasteiger partial charge in [-0.05, 0) is 52.4 Å². The SMILES string of the molecule is CCNC(=NCc1ccccc1-n1nc(C)cc1C)NCC(C)N1CCN(C)CC1.I. The molecular formula is C23H38IN7. The van der Waals surface area contributed by atoms with Crippen molar-refractivity contribution in [3.8, 4) is 5.69 Å². The van der Waals surface area contributed by atoms with Crippen LogP contribution in [0.15, 0.2) is 35.3 Å². The third-order valence-corrected chi connectivity index (χ3v) is 5.71. The van der Waals surface area contributed by atoms with E-state index >= 15 is 0 Å². The number of rotatable bonds is 7. The van der Waals surface area contributed by atoms with Crippen LogP contribution in [0.1, 0.15) is 30.8 Å². The van der Waals surface area contributed by atoms with E-state index in [1.165, 1.54) is 0 Å². The molecule has 1 aromatic carbocycles. The molecular weight excluding hydrogens is 501 g/mol. The predicted octanol–water partition coefficient (Wildman–Crippen LogP) is 2.80. The second kappa shape index (κ2) is 12.4. The first-order valence-corrected chi connectivity index (χ1v) is 11.0. The summed E-state index contributed by atoms with van der Waals surface area (Å²) in [6, 6.07) is 10.9. The Kier molecular flexibility index (Phi) is 10.2. The lowest BCUT2D eigenvalue weighted by Gasteiger charge is -2.36. The molecule has 1 aromatic heterocycles. The third-order valence-electron chi connectivity index (χ3n) is 5.71. The summed E-state index contributed by atoms with van der Waals surface area (Å²) < 4.78 is 2.01. The molecule has 8 heteroatoms. The lowest BCUT2D eigenvalue weighted by molar-refractivity contribution is 0.120. The first kappa shape index (κ1) is 25.6. The van der Waals surface area contributed by atoms with Crippen molar-refractivity contribution in [2.75, 3.05) is 46.3 Å². The maximum atomic E-state index is 4.86. The molecule has 31 heavy (non-hydrogen) atoms. The van der Waals surface area contributed by atoms with Gasteiger partial charge in [-0.25, -0.2) is 9.67 Å². The van der Waals surface area contributed by atoms with E-state index in [0.29, 0.717) is 12.6 Å². The van der Waals surface area contributed by atoms with Crippen molar-refractivity contribution in [2.24, 2.45) is 4.99 Å². The van der Waals surface area contributed by atoms with E-state index in [2.05, 4.69) is 83.7 Å². The minimum absolute atomic E-state index is 0. The largest absolute Gasteiger partial charge is 0.357 e. The van der Waals surface area contributed by atoms with Crippen molar-refractivity contribution in [1.29, 1.82) is 0 Å². The Morgan fingerprint density at radius 2 is 1.84 bits per heavy atom. The molecule has 2 N–H and O–H groups in total. The number of benzene rings is 1.